The summed E-state index contributed by atoms with van der Waals surface area (Å²) in [4.78, 5) is 27.4. The standard InChI is InChI=1S/C12H14Cl3N3O2/c1-5-6(8(14)16-9(15)7(5)13)10(19)17-11(20)18-12(2,3)4/h1-4H3,(H2,17,18,19,20). The van der Waals surface area contributed by atoms with Gasteiger partial charge >= 0.3 is 6.03 Å². The number of carbonyl (C=O) groups excluding carboxylic acids is 2. The second kappa shape index (κ2) is 6.16. The van der Waals surface area contributed by atoms with Gasteiger partial charge in [0.25, 0.3) is 5.91 Å². The van der Waals surface area contributed by atoms with Crippen molar-refractivity contribution in [3.05, 3.63) is 26.5 Å². The molecule has 0 aliphatic heterocycles. The number of carbonyl (C=O) groups is 2. The lowest BCUT2D eigenvalue weighted by atomic mass is 10.1. The Morgan fingerprint density at radius 2 is 1.65 bits per heavy atom. The van der Waals surface area contributed by atoms with E-state index >= 15 is 0 Å². The minimum atomic E-state index is -0.694. The normalized spacial score (nSPS) is 11.2. The minimum absolute atomic E-state index is 0.00450. The van der Waals surface area contributed by atoms with E-state index in [1.807, 2.05) is 0 Å². The van der Waals surface area contributed by atoms with Crippen molar-refractivity contribution in [3.63, 3.8) is 0 Å². The second-order valence-corrected chi connectivity index (χ2v) is 6.26. The topological polar surface area (TPSA) is 71.1 Å². The van der Waals surface area contributed by atoms with Crippen LogP contribution in [0.3, 0.4) is 0 Å². The van der Waals surface area contributed by atoms with Crippen molar-refractivity contribution < 1.29 is 9.59 Å². The maximum atomic E-state index is 12.0. The minimum Gasteiger partial charge on any atom is -0.333 e. The maximum Gasteiger partial charge on any atom is 0.322 e. The zero-order chi connectivity index (χ0) is 15.7. The molecule has 0 aromatic carbocycles. The highest BCUT2D eigenvalue weighted by Crippen LogP contribution is 2.30. The van der Waals surface area contributed by atoms with Crippen molar-refractivity contribution in [1.29, 1.82) is 0 Å². The van der Waals surface area contributed by atoms with E-state index in [2.05, 4.69) is 15.6 Å². The SMILES string of the molecule is Cc1c(Cl)c(Cl)nc(Cl)c1C(=O)NC(=O)NC(C)(C)C. The largest absolute Gasteiger partial charge is 0.333 e. The van der Waals surface area contributed by atoms with Crippen molar-refractivity contribution in [2.75, 3.05) is 0 Å². The number of nitrogens with one attached hydrogen (secondary N) is 2. The van der Waals surface area contributed by atoms with E-state index < -0.39 is 17.5 Å². The predicted molar refractivity (Wildman–Crippen MR) is 79.8 cm³/mol. The summed E-state index contributed by atoms with van der Waals surface area (Å²) in [5.74, 6) is -0.694. The molecule has 0 radical (unpaired) electrons. The van der Waals surface area contributed by atoms with Gasteiger partial charge in [0.05, 0.1) is 10.6 Å². The Labute approximate surface area is 132 Å². The molecule has 0 saturated carbocycles. The predicted octanol–water partition coefficient (Wildman–Crippen LogP) is 3.59. The number of pyridine rings is 1. The van der Waals surface area contributed by atoms with E-state index in [-0.39, 0.29) is 20.9 Å². The van der Waals surface area contributed by atoms with Crippen LogP contribution in [-0.4, -0.2) is 22.5 Å². The van der Waals surface area contributed by atoms with Gasteiger partial charge in [-0.2, -0.15) is 0 Å². The average molecular weight is 339 g/mol. The van der Waals surface area contributed by atoms with E-state index in [1.54, 1.807) is 27.7 Å². The summed E-state index contributed by atoms with van der Waals surface area (Å²) in [7, 11) is 0. The molecule has 0 bridgehead atoms. The second-order valence-electron chi connectivity index (χ2n) is 5.17. The highest BCUT2D eigenvalue weighted by atomic mass is 35.5. The Morgan fingerprint density at radius 1 is 1.10 bits per heavy atom. The van der Waals surface area contributed by atoms with Gasteiger partial charge in [-0.25, -0.2) is 9.78 Å². The molecule has 110 valence electrons. The summed E-state index contributed by atoms with van der Waals surface area (Å²) in [5.41, 5.74) is -0.0955. The maximum absolute atomic E-state index is 12.0. The summed E-state index contributed by atoms with van der Waals surface area (Å²) < 4.78 is 0. The van der Waals surface area contributed by atoms with Gasteiger partial charge in [-0.05, 0) is 33.3 Å². The van der Waals surface area contributed by atoms with Crippen LogP contribution >= 0.6 is 34.8 Å². The van der Waals surface area contributed by atoms with Crippen molar-refractivity contribution in [2.24, 2.45) is 0 Å². The number of hydrogen-bond donors (Lipinski definition) is 2. The van der Waals surface area contributed by atoms with E-state index in [4.69, 9.17) is 34.8 Å². The van der Waals surface area contributed by atoms with Crippen LogP contribution in [0.15, 0.2) is 0 Å². The molecule has 1 heterocycles. The van der Waals surface area contributed by atoms with Gasteiger partial charge < -0.3 is 5.32 Å². The van der Waals surface area contributed by atoms with Crippen LogP contribution in [0.5, 0.6) is 0 Å². The first-order chi connectivity index (χ1) is 9.03. The third-order valence-electron chi connectivity index (χ3n) is 2.23. The quantitative estimate of drug-likeness (QED) is 0.769. The van der Waals surface area contributed by atoms with Gasteiger partial charge in [0.15, 0.2) is 0 Å². The van der Waals surface area contributed by atoms with Crippen LogP contribution in [0.25, 0.3) is 0 Å². The first-order valence-electron chi connectivity index (χ1n) is 5.67. The van der Waals surface area contributed by atoms with Gasteiger partial charge in [-0.3, -0.25) is 10.1 Å². The summed E-state index contributed by atoms with van der Waals surface area (Å²) in [6, 6.07) is -0.635. The van der Waals surface area contributed by atoms with E-state index in [1.165, 1.54) is 0 Å². The fraction of sp³-hybridized carbons (Fsp3) is 0.417. The molecule has 5 nitrogen and oxygen atoms in total. The van der Waals surface area contributed by atoms with E-state index in [0.29, 0.717) is 5.56 Å². The van der Waals surface area contributed by atoms with Crippen LogP contribution in [-0.2, 0) is 0 Å². The Bertz CT molecular complexity index is 568. The molecule has 0 atom stereocenters. The lowest BCUT2D eigenvalue weighted by Gasteiger charge is -2.20. The Morgan fingerprint density at radius 3 is 2.15 bits per heavy atom. The fourth-order valence-corrected chi connectivity index (χ4v) is 2.13. The van der Waals surface area contributed by atoms with Crippen LogP contribution in [0, 0.1) is 6.92 Å². The number of amides is 3. The molecular weight excluding hydrogens is 325 g/mol. The highest BCUT2D eigenvalue weighted by molar-refractivity contribution is 6.43. The van der Waals surface area contributed by atoms with Gasteiger partial charge in [-0.1, -0.05) is 34.8 Å². The number of halogens is 3. The summed E-state index contributed by atoms with van der Waals surface area (Å²) in [5, 5.41) is 4.77. The van der Waals surface area contributed by atoms with Crippen molar-refractivity contribution in [3.8, 4) is 0 Å². The lowest BCUT2D eigenvalue weighted by molar-refractivity contribution is 0.0962. The smallest absolute Gasteiger partial charge is 0.322 e. The molecule has 1 aromatic heterocycles. The molecule has 0 aliphatic carbocycles. The molecule has 8 heteroatoms. The molecule has 1 rings (SSSR count). The number of nitrogens with zero attached hydrogens (tertiary/aromatic N) is 1. The molecule has 3 amide bonds. The fourth-order valence-electron chi connectivity index (χ4n) is 1.41. The van der Waals surface area contributed by atoms with E-state index in [0.717, 1.165) is 0 Å². The number of imide groups is 1. The van der Waals surface area contributed by atoms with Gasteiger partial charge in [-0.15, -0.1) is 0 Å². The highest BCUT2D eigenvalue weighted by Gasteiger charge is 2.22. The van der Waals surface area contributed by atoms with Crippen LogP contribution in [0.2, 0.25) is 15.3 Å². The van der Waals surface area contributed by atoms with Crippen molar-refractivity contribution >= 4 is 46.7 Å². The third-order valence-corrected chi connectivity index (χ3v) is 3.34. The molecule has 0 spiro atoms. The van der Waals surface area contributed by atoms with Crippen molar-refractivity contribution in [1.82, 2.24) is 15.6 Å². The van der Waals surface area contributed by atoms with Crippen LogP contribution in [0.4, 0.5) is 4.79 Å². The third kappa shape index (κ3) is 4.23. The number of aromatic nitrogens is 1. The summed E-state index contributed by atoms with van der Waals surface area (Å²) >= 11 is 17.5. The molecule has 20 heavy (non-hydrogen) atoms. The first-order valence-corrected chi connectivity index (χ1v) is 6.81. The van der Waals surface area contributed by atoms with E-state index in [9.17, 15) is 9.59 Å². The molecule has 0 fully saturated rings. The van der Waals surface area contributed by atoms with Gasteiger partial charge in [0.1, 0.15) is 10.3 Å². The molecule has 0 saturated heterocycles. The monoisotopic (exact) mass is 337 g/mol. The van der Waals surface area contributed by atoms with Crippen molar-refractivity contribution in [2.45, 2.75) is 33.2 Å². The Balaban J connectivity index is 3.00. The van der Waals surface area contributed by atoms with Crippen LogP contribution < -0.4 is 10.6 Å². The molecule has 0 aliphatic rings. The summed E-state index contributed by atoms with van der Waals surface area (Å²) in [6.45, 7) is 6.93. The molecule has 2 N–H and O–H groups in total. The number of hydrogen-bond acceptors (Lipinski definition) is 3. The Hall–Kier alpha value is -1.04. The zero-order valence-electron chi connectivity index (χ0n) is 11.4. The molecule has 0 unspecified atom stereocenters. The Kier molecular flexibility index (Phi) is 5.24. The zero-order valence-corrected chi connectivity index (χ0v) is 13.7. The van der Waals surface area contributed by atoms with Gasteiger partial charge in [0, 0.05) is 5.54 Å². The molecule has 1 aromatic rings. The summed E-state index contributed by atoms with van der Waals surface area (Å²) in [6.07, 6.45) is 0. The number of urea groups is 1. The van der Waals surface area contributed by atoms with Gasteiger partial charge in [0.2, 0.25) is 0 Å². The first kappa shape index (κ1) is 17.0. The number of rotatable bonds is 1. The van der Waals surface area contributed by atoms with Crippen LogP contribution in [0.1, 0.15) is 36.7 Å². The average Bonchev–Trinajstić information content (AvgIpc) is 2.22. The lowest BCUT2D eigenvalue weighted by Crippen LogP contribution is -2.48. The molecular formula is C12H14Cl3N3O2.